The number of hydrogen-bond donors (Lipinski definition) is 1. The fourth-order valence-corrected chi connectivity index (χ4v) is 2.92. The van der Waals surface area contributed by atoms with Crippen molar-refractivity contribution in [1.29, 1.82) is 0 Å². The molecule has 26 heavy (non-hydrogen) atoms. The summed E-state index contributed by atoms with van der Waals surface area (Å²) in [7, 11) is 0. The number of fused-ring (bicyclic) bond motifs is 1. The number of benzene rings is 1. The molecule has 3 rings (SSSR count). The van der Waals surface area contributed by atoms with Crippen LogP contribution in [0.5, 0.6) is 0 Å². The van der Waals surface area contributed by atoms with Crippen molar-refractivity contribution in [3.8, 4) is 0 Å². The van der Waals surface area contributed by atoms with Gasteiger partial charge in [-0.1, -0.05) is 38.1 Å². The van der Waals surface area contributed by atoms with Crippen LogP contribution in [0.15, 0.2) is 54.9 Å². The van der Waals surface area contributed by atoms with Crippen molar-refractivity contribution in [1.82, 2.24) is 14.9 Å². The smallest absolute Gasteiger partial charge is 0.254 e. The van der Waals surface area contributed by atoms with Gasteiger partial charge in [0.2, 0.25) is 0 Å². The van der Waals surface area contributed by atoms with Crippen LogP contribution in [0, 0.1) is 0 Å². The summed E-state index contributed by atoms with van der Waals surface area (Å²) < 4.78 is 0. The van der Waals surface area contributed by atoms with Crippen molar-refractivity contribution >= 4 is 16.8 Å². The minimum absolute atomic E-state index is 0.0912. The summed E-state index contributed by atoms with van der Waals surface area (Å²) in [5.41, 5.74) is 3.25. The van der Waals surface area contributed by atoms with Crippen molar-refractivity contribution in [2.45, 2.75) is 26.3 Å². The van der Waals surface area contributed by atoms with Crippen molar-refractivity contribution in [2.24, 2.45) is 0 Å². The average Bonchev–Trinajstić information content (AvgIpc) is 2.67. The Bertz CT molecular complexity index is 894. The van der Waals surface area contributed by atoms with E-state index in [1.165, 1.54) is 0 Å². The van der Waals surface area contributed by atoms with Crippen LogP contribution in [-0.4, -0.2) is 39.0 Å². The highest BCUT2D eigenvalue weighted by atomic mass is 16.3. The highest BCUT2D eigenvalue weighted by Crippen LogP contribution is 2.24. The topological polar surface area (TPSA) is 66.3 Å². The zero-order chi connectivity index (χ0) is 18.5. The van der Waals surface area contributed by atoms with Crippen molar-refractivity contribution in [3.05, 3.63) is 71.7 Å². The molecule has 0 saturated heterocycles. The molecule has 0 spiro atoms. The fraction of sp³-hybridized carbons (Fsp3) is 0.286. The molecule has 3 aromatic rings. The molecule has 0 atom stereocenters. The van der Waals surface area contributed by atoms with Gasteiger partial charge in [-0.2, -0.15) is 0 Å². The molecule has 1 amide bonds. The van der Waals surface area contributed by atoms with Gasteiger partial charge in [0.15, 0.2) is 0 Å². The maximum absolute atomic E-state index is 13.3. The molecule has 5 heteroatoms. The second-order valence-corrected chi connectivity index (χ2v) is 6.58. The minimum atomic E-state index is -0.108. The predicted molar refractivity (Wildman–Crippen MR) is 102 cm³/mol. The third-order valence-electron chi connectivity index (χ3n) is 4.31. The number of pyridine rings is 2. The zero-order valence-electron chi connectivity index (χ0n) is 15.1. The predicted octanol–water partition coefficient (Wildman–Crippen LogP) is 3.39. The highest BCUT2D eigenvalue weighted by molar-refractivity contribution is 6.06. The van der Waals surface area contributed by atoms with Crippen LogP contribution in [-0.2, 0) is 6.54 Å². The van der Waals surface area contributed by atoms with E-state index >= 15 is 0 Å². The number of aliphatic hydroxyl groups is 1. The maximum Gasteiger partial charge on any atom is 0.254 e. The van der Waals surface area contributed by atoms with Gasteiger partial charge in [-0.15, -0.1) is 0 Å². The van der Waals surface area contributed by atoms with E-state index in [0.717, 1.165) is 22.2 Å². The van der Waals surface area contributed by atoms with Crippen LogP contribution in [0.3, 0.4) is 0 Å². The minimum Gasteiger partial charge on any atom is -0.395 e. The third-order valence-corrected chi connectivity index (χ3v) is 4.31. The Morgan fingerprint density at radius 2 is 2.00 bits per heavy atom. The van der Waals surface area contributed by atoms with Gasteiger partial charge < -0.3 is 10.0 Å². The molecule has 1 aromatic carbocycles. The van der Waals surface area contributed by atoms with E-state index in [1.54, 1.807) is 17.3 Å². The van der Waals surface area contributed by atoms with E-state index in [9.17, 15) is 9.90 Å². The number of carbonyl (C=O) groups excluding carboxylic acids is 1. The van der Waals surface area contributed by atoms with Crippen LogP contribution >= 0.6 is 0 Å². The number of amides is 1. The van der Waals surface area contributed by atoms with Gasteiger partial charge in [0, 0.05) is 36.6 Å². The largest absolute Gasteiger partial charge is 0.395 e. The first-order chi connectivity index (χ1) is 12.6. The summed E-state index contributed by atoms with van der Waals surface area (Å²) in [5, 5.41) is 10.3. The number of rotatable bonds is 6. The molecule has 2 aromatic heterocycles. The first-order valence-electron chi connectivity index (χ1n) is 8.79. The van der Waals surface area contributed by atoms with Crippen molar-refractivity contribution < 1.29 is 9.90 Å². The number of nitrogens with zero attached hydrogens (tertiary/aromatic N) is 3. The second-order valence-electron chi connectivity index (χ2n) is 6.58. The van der Waals surface area contributed by atoms with Crippen LogP contribution < -0.4 is 0 Å². The number of aliphatic hydroxyl groups excluding tert-OH is 1. The van der Waals surface area contributed by atoms with E-state index in [4.69, 9.17) is 0 Å². The number of hydrogen-bond acceptors (Lipinski definition) is 4. The molecule has 0 aliphatic carbocycles. The first kappa shape index (κ1) is 18.0. The summed E-state index contributed by atoms with van der Waals surface area (Å²) >= 11 is 0. The Balaban J connectivity index is 2.03. The van der Waals surface area contributed by atoms with Gasteiger partial charge in [0.1, 0.15) is 0 Å². The molecule has 0 radical (unpaired) electrons. The SMILES string of the molecule is CC(C)c1cc(C(=O)N(CCO)Cc2cccnc2)c2ccccc2n1. The Morgan fingerprint density at radius 1 is 1.19 bits per heavy atom. The van der Waals surface area contributed by atoms with Gasteiger partial charge in [-0.3, -0.25) is 14.8 Å². The van der Waals surface area contributed by atoms with E-state index in [2.05, 4.69) is 23.8 Å². The number of aromatic nitrogens is 2. The lowest BCUT2D eigenvalue weighted by Crippen LogP contribution is -2.33. The van der Waals surface area contributed by atoms with E-state index in [-0.39, 0.29) is 25.0 Å². The fourth-order valence-electron chi connectivity index (χ4n) is 2.92. The van der Waals surface area contributed by atoms with Crippen LogP contribution in [0.2, 0.25) is 0 Å². The third kappa shape index (κ3) is 3.89. The second kappa shape index (κ2) is 8.06. The Labute approximate surface area is 153 Å². The van der Waals surface area contributed by atoms with Crippen LogP contribution in [0.1, 0.15) is 41.4 Å². The first-order valence-corrected chi connectivity index (χ1v) is 8.79. The average molecular weight is 349 g/mol. The standard InChI is InChI=1S/C21H23N3O2/c1-15(2)20-12-18(17-7-3-4-8-19(17)23-20)21(26)24(10-11-25)14-16-6-5-9-22-13-16/h3-9,12-13,15,25H,10-11,14H2,1-2H3. The van der Waals surface area contributed by atoms with E-state index in [0.29, 0.717) is 12.1 Å². The molecule has 134 valence electrons. The Morgan fingerprint density at radius 3 is 2.69 bits per heavy atom. The van der Waals surface area contributed by atoms with Gasteiger partial charge in [0.05, 0.1) is 17.7 Å². The molecule has 5 nitrogen and oxygen atoms in total. The van der Waals surface area contributed by atoms with Gasteiger partial charge in [-0.05, 0) is 29.7 Å². The lowest BCUT2D eigenvalue weighted by Gasteiger charge is -2.23. The van der Waals surface area contributed by atoms with Crippen molar-refractivity contribution in [3.63, 3.8) is 0 Å². The van der Waals surface area contributed by atoms with Gasteiger partial charge in [0.25, 0.3) is 5.91 Å². The molecular formula is C21H23N3O2. The van der Waals surface area contributed by atoms with Gasteiger partial charge >= 0.3 is 0 Å². The molecule has 0 saturated carbocycles. The maximum atomic E-state index is 13.3. The number of carbonyl (C=O) groups is 1. The summed E-state index contributed by atoms with van der Waals surface area (Å²) in [6.07, 6.45) is 3.44. The highest BCUT2D eigenvalue weighted by Gasteiger charge is 2.20. The zero-order valence-corrected chi connectivity index (χ0v) is 15.1. The Kier molecular flexibility index (Phi) is 5.58. The van der Waals surface area contributed by atoms with Crippen LogP contribution in [0.25, 0.3) is 10.9 Å². The molecular weight excluding hydrogens is 326 g/mol. The van der Waals surface area contributed by atoms with E-state index < -0.39 is 0 Å². The lowest BCUT2D eigenvalue weighted by molar-refractivity contribution is 0.0709. The molecule has 0 unspecified atom stereocenters. The molecule has 0 aliphatic heterocycles. The lowest BCUT2D eigenvalue weighted by atomic mass is 10.0. The summed E-state index contributed by atoms with van der Waals surface area (Å²) in [4.78, 5) is 23.7. The molecule has 1 N–H and O–H groups in total. The number of para-hydroxylation sites is 1. The quantitative estimate of drug-likeness (QED) is 0.741. The molecule has 0 bridgehead atoms. The summed E-state index contributed by atoms with van der Waals surface area (Å²) in [6.45, 7) is 4.70. The molecule has 0 aliphatic rings. The van der Waals surface area contributed by atoms with Crippen LogP contribution in [0.4, 0.5) is 0 Å². The van der Waals surface area contributed by atoms with Gasteiger partial charge in [-0.25, -0.2) is 0 Å². The monoisotopic (exact) mass is 349 g/mol. The van der Waals surface area contributed by atoms with Crippen molar-refractivity contribution in [2.75, 3.05) is 13.2 Å². The Hall–Kier alpha value is -2.79. The summed E-state index contributed by atoms with van der Waals surface area (Å²) in [5.74, 6) is 0.110. The summed E-state index contributed by atoms with van der Waals surface area (Å²) in [6, 6.07) is 13.3. The molecule has 2 heterocycles. The normalized spacial score (nSPS) is 11.1. The van der Waals surface area contributed by atoms with E-state index in [1.807, 2.05) is 42.5 Å². The molecule has 0 fully saturated rings.